The van der Waals surface area contributed by atoms with E-state index in [2.05, 4.69) is 92.7 Å². The Labute approximate surface area is 169 Å². The molecule has 5 rings (SSSR count). The third-order valence-electron chi connectivity index (χ3n) is 5.61. The molecule has 3 aromatic heterocycles. The minimum Gasteiger partial charge on any atom is -0.383 e. The van der Waals surface area contributed by atoms with Crippen molar-refractivity contribution in [1.29, 1.82) is 0 Å². The number of benzene rings is 1. The summed E-state index contributed by atoms with van der Waals surface area (Å²) in [5.41, 5.74) is 10.5. The molecule has 0 saturated heterocycles. The second-order valence-corrected chi connectivity index (χ2v) is 7.50. The van der Waals surface area contributed by atoms with E-state index in [4.69, 9.17) is 5.73 Å². The number of aromatic nitrogens is 4. The Morgan fingerprint density at radius 3 is 2.93 bits per heavy atom. The van der Waals surface area contributed by atoms with Crippen LogP contribution in [-0.4, -0.2) is 19.1 Å². The number of rotatable bonds is 2. The molecule has 4 aromatic rings. The summed E-state index contributed by atoms with van der Waals surface area (Å²) >= 11 is 0. The van der Waals surface area contributed by atoms with E-state index in [1.54, 1.807) is 6.33 Å². The minimum absolute atomic E-state index is 0.252. The van der Waals surface area contributed by atoms with Crippen molar-refractivity contribution >= 4 is 27.8 Å². The van der Waals surface area contributed by atoms with Gasteiger partial charge in [0.2, 0.25) is 0 Å². The maximum absolute atomic E-state index is 6.34. The number of anilines is 1. The third-order valence-corrected chi connectivity index (χ3v) is 5.61. The van der Waals surface area contributed by atoms with Crippen LogP contribution in [0.25, 0.3) is 27.6 Å². The van der Waals surface area contributed by atoms with E-state index in [0.717, 1.165) is 47.1 Å². The second kappa shape index (κ2) is 7.09. The van der Waals surface area contributed by atoms with E-state index in [1.165, 1.54) is 5.39 Å². The van der Waals surface area contributed by atoms with Gasteiger partial charge in [-0.25, -0.2) is 9.97 Å². The molecule has 0 spiro atoms. The van der Waals surface area contributed by atoms with Gasteiger partial charge in [0, 0.05) is 18.4 Å². The van der Waals surface area contributed by atoms with E-state index in [0.29, 0.717) is 5.82 Å². The summed E-state index contributed by atoms with van der Waals surface area (Å²) < 4.78 is 4.44. The fourth-order valence-corrected chi connectivity index (χ4v) is 4.21. The molecule has 1 unspecified atom stereocenters. The predicted molar refractivity (Wildman–Crippen MR) is 119 cm³/mol. The van der Waals surface area contributed by atoms with E-state index in [9.17, 15) is 0 Å². The summed E-state index contributed by atoms with van der Waals surface area (Å²) in [6.45, 7) is 4.23. The zero-order valence-electron chi connectivity index (χ0n) is 16.2. The molecule has 1 aliphatic carbocycles. The third kappa shape index (κ3) is 3.05. The van der Waals surface area contributed by atoms with Crippen LogP contribution in [0.2, 0.25) is 0 Å². The van der Waals surface area contributed by atoms with Crippen molar-refractivity contribution in [3.05, 3.63) is 85.5 Å². The van der Waals surface area contributed by atoms with Gasteiger partial charge in [-0.15, -0.1) is 0 Å². The molecule has 0 fully saturated rings. The zero-order chi connectivity index (χ0) is 19.8. The fourth-order valence-electron chi connectivity index (χ4n) is 4.21. The van der Waals surface area contributed by atoms with Gasteiger partial charge in [-0.05, 0) is 36.8 Å². The Hall–Kier alpha value is -3.60. The van der Waals surface area contributed by atoms with Gasteiger partial charge in [-0.2, -0.15) is 0 Å². The smallest absolute Gasteiger partial charge is 0.147 e. The molecule has 2 N–H and O–H groups in total. The first-order valence-electron chi connectivity index (χ1n) is 9.91. The Morgan fingerprint density at radius 2 is 2.00 bits per heavy atom. The van der Waals surface area contributed by atoms with E-state index >= 15 is 0 Å². The highest BCUT2D eigenvalue weighted by Gasteiger charge is 2.21. The molecule has 5 heteroatoms. The molecule has 0 saturated carbocycles. The number of nitrogens with zero attached hydrogens (tertiary/aromatic N) is 4. The number of nitrogen functional groups attached to an aromatic ring is 1. The van der Waals surface area contributed by atoms with Crippen LogP contribution in [0.3, 0.4) is 0 Å². The monoisotopic (exact) mass is 381 g/mol. The van der Waals surface area contributed by atoms with Crippen LogP contribution in [0.5, 0.6) is 0 Å². The SMILES string of the molecule is C=C1/C=C\C=C/CCC(n2cc(-n3ccc4ccccc43)c3c(N)ncnc32)C1. The Morgan fingerprint density at radius 1 is 1.10 bits per heavy atom. The van der Waals surface area contributed by atoms with Gasteiger partial charge in [-0.3, -0.25) is 0 Å². The van der Waals surface area contributed by atoms with Crippen molar-refractivity contribution in [2.24, 2.45) is 0 Å². The van der Waals surface area contributed by atoms with Gasteiger partial charge in [-0.1, -0.05) is 54.7 Å². The number of fused-ring (bicyclic) bond motifs is 2. The topological polar surface area (TPSA) is 61.7 Å². The van der Waals surface area contributed by atoms with Gasteiger partial charge < -0.3 is 14.9 Å². The van der Waals surface area contributed by atoms with E-state index in [-0.39, 0.29) is 6.04 Å². The van der Waals surface area contributed by atoms with Crippen molar-refractivity contribution in [2.45, 2.75) is 25.3 Å². The Bertz CT molecular complexity index is 1270. The minimum atomic E-state index is 0.252. The molecule has 0 amide bonds. The lowest BCUT2D eigenvalue weighted by Crippen LogP contribution is -2.09. The second-order valence-electron chi connectivity index (χ2n) is 7.50. The largest absolute Gasteiger partial charge is 0.383 e. The predicted octanol–water partition coefficient (Wildman–Crippen LogP) is 5.35. The van der Waals surface area contributed by atoms with Crippen LogP contribution in [0, 0.1) is 0 Å². The Balaban J connectivity index is 1.72. The first-order valence-corrected chi connectivity index (χ1v) is 9.91. The van der Waals surface area contributed by atoms with Gasteiger partial charge in [0.05, 0.1) is 16.6 Å². The summed E-state index contributed by atoms with van der Waals surface area (Å²) in [5, 5.41) is 2.08. The van der Waals surface area contributed by atoms with Crippen molar-refractivity contribution in [3.63, 3.8) is 0 Å². The molecule has 0 radical (unpaired) electrons. The van der Waals surface area contributed by atoms with Crippen LogP contribution in [0.1, 0.15) is 25.3 Å². The maximum atomic E-state index is 6.34. The normalized spacial score (nSPS) is 19.7. The van der Waals surface area contributed by atoms with Crippen molar-refractivity contribution in [2.75, 3.05) is 5.73 Å². The lowest BCUT2D eigenvalue weighted by atomic mass is 10.0. The van der Waals surface area contributed by atoms with Crippen LogP contribution < -0.4 is 5.73 Å². The van der Waals surface area contributed by atoms with Crippen LogP contribution >= 0.6 is 0 Å². The fraction of sp³-hybridized carbons (Fsp3) is 0.167. The summed E-state index contributed by atoms with van der Waals surface area (Å²) in [6, 6.07) is 10.7. The molecule has 1 aliphatic rings. The highest BCUT2D eigenvalue weighted by Crippen LogP contribution is 2.35. The average molecular weight is 381 g/mol. The molecule has 144 valence electrons. The van der Waals surface area contributed by atoms with Crippen molar-refractivity contribution < 1.29 is 0 Å². The number of allylic oxidation sites excluding steroid dienone is 5. The number of hydrogen-bond acceptors (Lipinski definition) is 3. The van der Waals surface area contributed by atoms with Gasteiger partial charge in [0.1, 0.15) is 17.8 Å². The van der Waals surface area contributed by atoms with Crippen LogP contribution in [-0.2, 0) is 0 Å². The maximum Gasteiger partial charge on any atom is 0.147 e. The molecule has 0 aliphatic heterocycles. The van der Waals surface area contributed by atoms with Crippen molar-refractivity contribution in [1.82, 2.24) is 19.1 Å². The molecule has 3 heterocycles. The summed E-state index contributed by atoms with van der Waals surface area (Å²) in [6.07, 6.45) is 17.2. The first kappa shape index (κ1) is 17.5. The molecular weight excluding hydrogens is 358 g/mol. The lowest BCUT2D eigenvalue weighted by molar-refractivity contribution is 0.480. The molecule has 1 aromatic carbocycles. The highest BCUT2D eigenvalue weighted by molar-refractivity contribution is 5.96. The molecular formula is C24H23N5. The zero-order valence-corrected chi connectivity index (χ0v) is 16.2. The summed E-state index contributed by atoms with van der Waals surface area (Å²) in [5.74, 6) is 0.503. The van der Waals surface area contributed by atoms with Crippen molar-refractivity contribution in [3.8, 4) is 5.69 Å². The summed E-state index contributed by atoms with van der Waals surface area (Å²) in [4.78, 5) is 8.90. The Kier molecular flexibility index (Phi) is 4.28. The molecule has 1 atom stereocenters. The molecule has 0 bridgehead atoms. The number of nitrogens with two attached hydrogens (primary N) is 1. The van der Waals surface area contributed by atoms with E-state index in [1.807, 2.05) is 0 Å². The van der Waals surface area contributed by atoms with Gasteiger partial charge >= 0.3 is 0 Å². The van der Waals surface area contributed by atoms with Gasteiger partial charge in [0.25, 0.3) is 0 Å². The highest BCUT2D eigenvalue weighted by atomic mass is 15.1. The molecule has 5 nitrogen and oxygen atoms in total. The average Bonchev–Trinajstić information content (AvgIpc) is 3.33. The lowest BCUT2D eigenvalue weighted by Gasteiger charge is -2.19. The number of para-hydroxylation sites is 1. The van der Waals surface area contributed by atoms with Crippen LogP contribution in [0.15, 0.2) is 85.5 Å². The standard InChI is InChI=1S/C24H23N5/c1-17-8-4-2-3-5-10-19(14-17)29-15-21(22-23(25)26-16-27-24(22)29)28-13-12-18-9-6-7-11-20(18)28/h2-4,6-9,11-13,15-16,19H,1,5,10,14H2,(H2,25,26,27)/b3-2-,8-4-. The van der Waals surface area contributed by atoms with Crippen LogP contribution in [0.4, 0.5) is 5.82 Å². The van der Waals surface area contributed by atoms with Gasteiger partial charge in [0.15, 0.2) is 0 Å². The first-order chi connectivity index (χ1) is 14.2. The number of hydrogen-bond donors (Lipinski definition) is 1. The van der Waals surface area contributed by atoms with E-state index < -0.39 is 0 Å². The quantitative estimate of drug-likeness (QED) is 0.509. The summed E-state index contributed by atoms with van der Waals surface area (Å²) in [7, 11) is 0. The molecule has 29 heavy (non-hydrogen) atoms.